The number of ether oxygens (including phenoxy) is 1. The Morgan fingerprint density at radius 1 is 1.29 bits per heavy atom. The molecule has 114 valence electrons. The van der Waals surface area contributed by atoms with Crippen LogP contribution in [-0.2, 0) is 14.3 Å². The summed E-state index contributed by atoms with van der Waals surface area (Å²) in [6.45, 7) is 0. The van der Waals surface area contributed by atoms with Crippen molar-refractivity contribution >= 4 is 11.9 Å². The molecular weight excluding hydrogens is 268 g/mol. The Morgan fingerprint density at radius 3 is 2.48 bits per heavy atom. The van der Waals surface area contributed by atoms with Gasteiger partial charge < -0.3 is 15.8 Å². The topological polar surface area (TPSA) is 81.4 Å². The van der Waals surface area contributed by atoms with E-state index in [-0.39, 0.29) is 24.3 Å². The minimum Gasteiger partial charge on any atom is -0.467 e. The van der Waals surface area contributed by atoms with Crippen LogP contribution in [-0.4, -0.2) is 24.5 Å². The normalized spacial score (nSPS) is 18.0. The van der Waals surface area contributed by atoms with Crippen molar-refractivity contribution in [1.82, 2.24) is 5.32 Å². The largest absolute Gasteiger partial charge is 0.467 e. The summed E-state index contributed by atoms with van der Waals surface area (Å²) in [5, 5.41) is 2.85. The average Bonchev–Trinajstić information content (AvgIpc) is 2.96. The quantitative estimate of drug-likeness (QED) is 0.808. The molecule has 0 radical (unpaired) electrons. The Bertz CT molecular complexity index is 496. The highest BCUT2D eigenvalue weighted by atomic mass is 16.5. The average molecular weight is 290 g/mol. The van der Waals surface area contributed by atoms with E-state index in [1.165, 1.54) is 7.11 Å². The Balaban J connectivity index is 1.98. The first-order valence-electron chi connectivity index (χ1n) is 7.27. The summed E-state index contributed by atoms with van der Waals surface area (Å²) in [6, 6.07) is 9.09. The Kier molecular flexibility index (Phi) is 4.96. The van der Waals surface area contributed by atoms with Crippen molar-refractivity contribution in [2.75, 3.05) is 7.11 Å². The lowest BCUT2D eigenvalue weighted by Crippen LogP contribution is -2.53. The molecule has 0 saturated heterocycles. The Hall–Kier alpha value is -1.88. The van der Waals surface area contributed by atoms with Crippen LogP contribution in [0, 0.1) is 0 Å². The molecule has 21 heavy (non-hydrogen) atoms. The Morgan fingerprint density at radius 2 is 1.90 bits per heavy atom. The standard InChI is InChI=1S/C16H22N2O3/c1-21-15(20)16(9-5-6-10-16)18-14(19)11-13(17)12-7-3-2-4-8-12/h2-4,7-8,13H,5-6,9-11,17H2,1H3,(H,18,19). The van der Waals surface area contributed by atoms with Gasteiger partial charge in [-0.2, -0.15) is 0 Å². The smallest absolute Gasteiger partial charge is 0.331 e. The van der Waals surface area contributed by atoms with Gasteiger partial charge in [0.1, 0.15) is 5.54 Å². The third kappa shape index (κ3) is 3.61. The SMILES string of the molecule is COC(=O)C1(NC(=O)CC(N)c2ccccc2)CCCC1. The third-order valence-corrected chi connectivity index (χ3v) is 4.04. The molecule has 0 bridgehead atoms. The molecule has 1 aromatic carbocycles. The van der Waals surface area contributed by atoms with Crippen LogP contribution in [0.2, 0.25) is 0 Å². The second kappa shape index (κ2) is 6.72. The predicted octanol–water partition coefficient (Wildman–Crippen LogP) is 1.68. The molecule has 0 spiro atoms. The number of hydrogen-bond acceptors (Lipinski definition) is 4. The van der Waals surface area contributed by atoms with Gasteiger partial charge in [0, 0.05) is 12.5 Å². The number of benzene rings is 1. The van der Waals surface area contributed by atoms with Crippen molar-refractivity contribution in [2.45, 2.75) is 43.7 Å². The van der Waals surface area contributed by atoms with Gasteiger partial charge in [-0.1, -0.05) is 43.2 Å². The highest BCUT2D eigenvalue weighted by Gasteiger charge is 2.43. The highest BCUT2D eigenvalue weighted by molar-refractivity contribution is 5.88. The minimum atomic E-state index is -0.859. The van der Waals surface area contributed by atoms with Gasteiger partial charge in [-0.25, -0.2) is 4.79 Å². The van der Waals surface area contributed by atoms with Crippen LogP contribution in [0.15, 0.2) is 30.3 Å². The van der Waals surface area contributed by atoms with Crippen LogP contribution in [0.4, 0.5) is 0 Å². The maximum absolute atomic E-state index is 12.2. The maximum Gasteiger partial charge on any atom is 0.331 e. The van der Waals surface area contributed by atoms with Crippen LogP contribution >= 0.6 is 0 Å². The van der Waals surface area contributed by atoms with Gasteiger partial charge in [-0.3, -0.25) is 4.79 Å². The summed E-state index contributed by atoms with van der Waals surface area (Å²) < 4.78 is 4.84. The monoisotopic (exact) mass is 290 g/mol. The summed E-state index contributed by atoms with van der Waals surface area (Å²) in [6.07, 6.45) is 3.25. The van der Waals surface area contributed by atoms with Gasteiger partial charge in [0.2, 0.25) is 5.91 Å². The molecular formula is C16H22N2O3. The lowest BCUT2D eigenvalue weighted by atomic mass is 9.96. The number of nitrogens with one attached hydrogen (secondary N) is 1. The van der Waals surface area contributed by atoms with Crippen LogP contribution in [0.3, 0.4) is 0 Å². The molecule has 0 aromatic heterocycles. The molecule has 1 atom stereocenters. The number of carbonyl (C=O) groups is 2. The van der Waals surface area contributed by atoms with E-state index in [1.54, 1.807) is 0 Å². The van der Waals surface area contributed by atoms with E-state index in [0.29, 0.717) is 12.8 Å². The Labute approximate surface area is 124 Å². The molecule has 2 rings (SSSR count). The van der Waals surface area contributed by atoms with Crippen molar-refractivity contribution in [3.63, 3.8) is 0 Å². The molecule has 1 amide bonds. The highest BCUT2D eigenvalue weighted by Crippen LogP contribution is 2.31. The molecule has 1 saturated carbocycles. The van der Waals surface area contributed by atoms with E-state index < -0.39 is 5.54 Å². The number of hydrogen-bond donors (Lipinski definition) is 2. The van der Waals surface area contributed by atoms with E-state index in [4.69, 9.17) is 10.5 Å². The van der Waals surface area contributed by atoms with Crippen molar-refractivity contribution < 1.29 is 14.3 Å². The van der Waals surface area contributed by atoms with Gasteiger partial charge >= 0.3 is 5.97 Å². The molecule has 1 aliphatic rings. The van der Waals surface area contributed by atoms with Crippen LogP contribution in [0.1, 0.15) is 43.7 Å². The van der Waals surface area contributed by atoms with Crippen LogP contribution in [0.5, 0.6) is 0 Å². The molecule has 5 heteroatoms. The molecule has 5 nitrogen and oxygen atoms in total. The number of methoxy groups -OCH3 is 1. The summed E-state index contributed by atoms with van der Waals surface area (Å²) in [5.41, 5.74) is 6.09. The zero-order valence-corrected chi connectivity index (χ0v) is 12.3. The molecule has 0 aliphatic heterocycles. The summed E-state index contributed by atoms with van der Waals surface area (Å²) in [7, 11) is 1.35. The fourth-order valence-corrected chi connectivity index (χ4v) is 2.89. The van der Waals surface area contributed by atoms with Crippen molar-refractivity contribution in [3.05, 3.63) is 35.9 Å². The lowest BCUT2D eigenvalue weighted by molar-refractivity contribution is -0.150. The zero-order chi connectivity index (χ0) is 15.3. The number of esters is 1. The number of carbonyl (C=O) groups excluding carboxylic acids is 2. The molecule has 1 unspecified atom stereocenters. The zero-order valence-electron chi connectivity index (χ0n) is 12.3. The fraction of sp³-hybridized carbons (Fsp3) is 0.500. The summed E-state index contributed by atoms with van der Waals surface area (Å²) in [4.78, 5) is 24.2. The second-order valence-electron chi connectivity index (χ2n) is 5.55. The first-order chi connectivity index (χ1) is 10.1. The first kappa shape index (κ1) is 15.5. The van der Waals surface area contributed by atoms with Crippen LogP contribution in [0.25, 0.3) is 0 Å². The lowest BCUT2D eigenvalue weighted by Gasteiger charge is -2.27. The third-order valence-electron chi connectivity index (χ3n) is 4.04. The minimum absolute atomic E-state index is 0.156. The van der Waals surface area contributed by atoms with Gasteiger partial charge in [0.25, 0.3) is 0 Å². The fourth-order valence-electron chi connectivity index (χ4n) is 2.89. The van der Waals surface area contributed by atoms with Crippen molar-refractivity contribution in [1.29, 1.82) is 0 Å². The molecule has 1 aromatic rings. The van der Waals surface area contributed by atoms with E-state index >= 15 is 0 Å². The van der Waals surface area contributed by atoms with Crippen molar-refractivity contribution in [2.24, 2.45) is 5.73 Å². The molecule has 0 heterocycles. The van der Waals surface area contributed by atoms with Crippen LogP contribution < -0.4 is 11.1 Å². The number of rotatable bonds is 5. The number of amides is 1. The molecule has 1 aliphatic carbocycles. The van der Waals surface area contributed by atoms with Gasteiger partial charge in [-0.15, -0.1) is 0 Å². The maximum atomic E-state index is 12.2. The van der Waals surface area contributed by atoms with Gasteiger partial charge in [-0.05, 0) is 18.4 Å². The predicted molar refractivity (Wildman–Crippen MR) is 79.3 cm³/mol. The van der Waals surface area contributed by atoms with Crippen molar-refractivity contribution in [3.8, 4) is 0 Å². The summed E-state index contributed by atoms with van der Waals surface area (Å²) >= 11 is 0. The van der Waals surface area contributed by atoms with Gasteiger partial charge in [0.05, 0.1) is 7.11 Å². The first-order valence-corrected chi connectivity index (χ1v) is 7.27. The van der Waals surface area contributed by atoms with E-state index in [0.717, 1.165) is 18.4 Å². The van der Waals surface area contributed by atoms with Gasteiger partial charge in [0.15, 0.2) is 0 Å². The number of nitrogens with two attached hydrogens (primary N) is 1. The van der Waals surface area contributed by atoms with E-state index in [1.807, 2.05) is 30.3 Å². The summed E-state index contributed by atoms with van der Waals surface area (Å²) in [5.74, 6) is -0.569. The molecule has 3 N–H and O–H groups in total. The van der Waals surface area contributed by atoms with E-state index in [9.17, 15) is 9.59 Å². The molecule has 1 fully saturated rings. The van der Waals surface area contributed by atoms with E-state index in [2.05, 4.69) is 5.32 Å². The second-order valence-corrected chi connectivity index (χ2v) is 5.55.